The van der Waals surface area contributed by atoms with E-state index in [1.165, 1.54) is 7.05 Å². The number of amides is 4. The highest BCUT2D eigenvalue weighted by atomic mass is 16.2. The molecule has 1 fully saturated rings. The number of carbonyl (C=O) groups excluding carboxylic acids is 3. The molecule has 5 nitrogen and oxygen atoms in total. The molecule has 100 valence electrons. The molecule has 18 heavy (non-hydrogen) atoms. The summed E-state index contributed by atoms with van der Waals surface area (Å²) in [6.07, 6.45) is 4.92. The summed E-state index contributed by atoms with van der Waals surface area (Å²) in [7, 11) is 1.39. The van der Waals surface area contributed by atoms with E-state index in [4.69, 9.17) is 0 Å². The molecule has 4 amide bonds. The fraction of sp³-hybridized carbons (Fsp3) is 0.615. The molecule has 0 aromatic heterocycles. The summed E-state index contributed by atoms with van der Waals surface area (Å²) >= 11 is 0. The third-order valence-corrected chi connectivity index (χ3v) is 3.44. The lowest BCUT2D eigenvalue weighted by atomic mass is 9.71. The van der Waals surface area contributed by atoms with Crippen LogP contribution in [0.1, 0.15) is 33.6 Å². The van der Waals surface area contributed by atoms with Gasteiger partial charge in [-0.15, -0.1) is 0 Å². The molecule has 0 radical (unpaired) electrons. The quantitative estimate of drug-likeness (QED) is 0.611. The zero-order valence-electron chi connectivity index (χ0n) is 11.3. The van der Waals surface area contributed by atoms with E-state index in [1.54, 1.807) is 0 Å². The van der Waals surface area contributed by atoms with E-state index in [0.717, 1.165) is 11.3 Å². The minimum Gasteiger partial charge on any atom is -0.277 e. The van der Waals surface area contributed by atoms with E-state index in [-0.39, 0.29) is 5.92 Å². The number of nitrogens with one attached hydrogen (secondary N) is 1. The maximum atomic E-state index is 12.3. The van der Waals surface area contributed by atoms with Crippen LogP contribution in [0.15, 0.2) is 12.2 Å². The normalized spacial score (nSPS) is 25.2. The Kier molecular flexibility index (Phi) is 4.27. The number of nitrogens with zero attached hydrogens (tertiary/aromatic N) is 1. The molecule has 0 spiro atoms. The average molecular weight is 252 g/mol. The Morgan fingerprint density at radius 1 is 1.28 bits per heavy atom. The molecule has 5 heteroatoms. The highest BCUT2D eigenvalue weighted by Crippen LogP contribution is 2.36. The first-order chi connectivity index (χ1) is 8.37. The summed E-state index contributed by atoms with van der Waals surface area (Å²) in [5, 5.41) is 2.25. The summed E-state index contributed by atoms with van der Waals surface area (Å²) < 4.78 is 0. The van der Waals surface area contributed by atoms with Crippen molar-refractivity contribution in [1.29, 1.82) is 0 Å². The number of carbonyl (C=O) groups is 3. The molecule has 0 saturated carbocycles. The van der Waals surface area contributed by atoms with Crippen molar-refractivity contribution in [3.63, 3.8) is 0 Å². The van der Waals surface area contributed by atoms with E-state index in [0.29, 0.717) is 6.42 Å². The van der Waals surface area contributed by atoms with Gasteiger partial charge < -0.3 is 0 Å². The van der Waals surface area contributed by atoms with Crippen molar-refractivity contribution in [2.75, 3.05) is 7.05 Å². The summed E-state index contributed by atoms with van der Waals surface area (Å²) in [4.78, 5) is 36.8. The van der Waals surface area contributed by atoms with Gasteiger partial charge in [0.05, 0.1) is 0 Å². The van der Waals surface area contributed by atoms with Gasteiger partial charge in [0.25, 0.3) is 0 Å². The zero-order valence-corrected chi connectivity index (χ0v) is 11.3. The van der Waals surface area contributed by atoms with E-state index in [2.05, 4.69) is 5.32 Å². The zero-order chi connectivity index (χ0) is 13.9. The Balaban J connectivity index is 3.15. The van der Waals surface area contributed by atoms with Crippen LogP contribution in [-0.2, 0) is 9.59 Å². The number of hydrogen-bond acceptors (Lipinski definition) is 3. The van der Waals surface area contributed by atoms with Crippen LogP contribution >= 0.6 is 0 Å². The van der Waals surface area contributed by atoms with Crippen molar-refractivity contribution in [2.24, 2.45) is 11.3 Å². The summed E-state index contributed by atoms with van der Waals surface area (Å²) in [5.74, 6) is -1.10. The Hall–Kier alpha value is -1.65. The largest absolute Gasteiger partial charge is 0.330 e. The molecular weight excluding hydrogens is 232 g/mol. The van der Waals surface area contributed by atoms with Gasteiger partial charge in [-0.25, -0.2) is 4.79 Å². The van der Waals surface area contributed by atoms with Crippen LogP contribution in [0.25, 0.3) is 0 Å². The second-order valence-corrected chi connectivity index (χ2v) is 4.83. The fourth-order valence-corrected chi connectivity index (χ4v) is 2.14. The SMILES string of the molecule is CC/C=C/CC1(C(C)C)C(=O)NC(=O)N(C)C1=O. The molecule has 1 heterocycles. The van der Waals surface area contributed by atoms with Gasteiger partial charge in [-0.1, -0.05) is 32.9 Å². The Morgan fingerprint density at radius 2 is 1.89 bits per heavy atom. The lowest BCUT2D eigenvalue weighted by Gasteiger charge is -2.40. The second kappa shape index (κ2) is 5.33. The first-order valence-corrected chi connectivity index (χ1v) is 6.16. The predicted molar refractivity (Wildman–Crippen MR) is 67.6 cm³/mol. The Morgan fingerprint density at radius 3 is 2.39 bits per heavy atom. The van der Waals surface area contributed by atoms with E-state index in [1.807, 2.05) is 32.9 Å². The molecule has 0 aromatic carbocycles. The van der Waals surface area contributed by atoms with Crippen LogP contribution in [0.4, 0.5) is 4.79 Å². The highest BCUT2D eigenvalue weighted by Gasteiger charge is 2.53. The van der Waals surface area contributed by atoms with Gasteiger partial charge in [-0.3, -0.25) is 19.8 Å². The van der Waals surface area contributed by atoms with Gasteiger partial charge in [-0.2, -0.15) is 0 Å². The van der Waals surface area contributed by atoms with Crippen molar-refractivity contribution in [3.05, 3.63) is 12.2 Å². The van der Waals surface area contributed by atoms with Crippen LogP contribution in [0.2, 0.25) is 0 Å². The molecule has 0 bridgehead atoms. The molecule has 1 atom stereocenters. The third-order valence-electron chi connectivity index (χ3n) is 3.44. The minimum atomic E-state index is -1.17. The summed E-state index contributed by atoms with van der Waals surface area (Å²) in [5.41, 5.74) is -1.17. The van der Waals surface area contributed by atoms with E-state index < -0.39 is 23.3 Å². The van der Waals surface area contributed by atoms with Crippen molar-refractivity contribution in [1.82, 2.24) is 10.2 Å². The average Bonchev–Trinajstić information content (AvgIpc) is 2.30. The third kappa shape index (κ3) is 2.17. The fourth-order valence-electron chi connectivity index (χ4n) is 2.14. The molecule has 1 rings (SSSR count). The summed E-state index contributed by atoms with van der Waals surface area (Å²) in [6, 6.07) is -0.652. The van der Waals surface area contributed by atoms with Gasteiger partial charge >= 0.3 is 6.03 Å². The number of barbiturate groups is 1. The summed E-state index contributed by atoms with van der Waals surface area (Å²) in [6.45, 7) is 5.62. The molecule has 1 unspecified atom stereocenters. The maximum Gasteiger partial charge on any atom is 0.330 e. The minimum absolute atomic E-state index is 0.179. The van der Waals surface area contributed by atoms with Gasteiger partial charge in [0.2, 0.25) is 11.8 Å². The van der Waals surface area contributed by atoms with Crippen molar-refractivity contribution in [3.8, 4) is 0 Å². The van der Waals surface area contributed by atoms with E-state index in [9.17, 15) is 14.4 Å². The molecule has 1 aliphatic rings. The van der Waals surface area contributed by atoms with Gasteiger partial charge in [-0.05, 0) is 18.8 Å². The van der Waals surface area contributed by atoms with Crippen LogP contribution < -0.4 is 5.32 Å². The topological polar surface area (TPSA) is 66.5 Å². The highest BCUT2D eigenvalue weighted by molar-refractivity contribution is 6.19. The lowest BCUT2D eigenvalue weighted by molar-refractivity contribution is -0.153. The predicted octanol–water partition coefficient (Wildman–Crippen LogP) is 1.69. The molecule has 0 aromatic rings. The van der Waals surface area contributed by atoms with Gasteiger partial charge in [0, 0.05) is 7.05 Å². The van der Waals surface area contributed by atoms with Gasteiger partial charge in [0.15, 0.2) is 0 Å². The van der Waals surface area contributed by atoms with E-state index >= 15 is 0 Å². The monoisotopic (exact) mass is 252 g/mol. The van der Waals surface area contributed by atoms with Crippen LogP contribution in [-0.4, -0.2) is 29.8 Å². The van der Waals surface area contributed by atoms with Gasteiger partial charge in [0.1, 0.15) is 5.41 Å². The number of hydrogen-bond donors (Lipinski definition) is 1. The Labute approximate surface area is 107 Å². The first-order valence-electron chi connectivity index (χ1n) is 6.16. The molecular formula is C13H20N2O3. The maximum absolute atomic E-state index is 12.3. The molecule has 0 aliphatic carbocycles. The lowest BCUT2D eigenvalue weighted by Crippen LogP contribution is -2.64. The number of allylic oxidation sites excluding steroid dienone is 2. The van der Waals surface area contributed by atoms with Crippen molar-refractivity contribution >= 4 is 17.8 Å². The number of rotatable bonds is 4. The second-order valence-electron chi connectivity index (χ2n) is 4.83. The Bertz CT molecular complexity index is 401. The number of imide groups is 2. The molecule has 1 saturated heterocycles. The standard InChI is InChI=1S/C13H20N2O3/c1-5-6-7-8-13(9(2)3)10(16)14-12(18)15(4)11(13)17/h6-7,9H,5,8H2,1-4H3,(H,14,16,18)/b7-6+. The first kappa shape index (κ1) is 14.4. The van der Waals surface area contributed by atoms with Crippen LogP contribution in [0.5, 0.6) is 0 Å². The van der Waals surface area contributed by atoms with Crippen LogP contribution in [0, 0.1) is 11.3 Å². The van der Waals surface area contributed by atoms with Crippen molar-refractivity contribution < 1.29 is 14.4 Å². The van der Waals surface area contributed by atoms with Crippen molar-refractivity contribution in [2.45, 2.75) is 33.6 Å². The van der Waals surface area contributed by atoms with Crippen LogP contribution in [0.3, 0.4) is 0 Å². The molecule has 1 aliphatic heterocycles. The number of urea groups is 1. The smallest absolute Gasteiger partial charge is 0.277 e. The molecule has 1 N–H and O–H groups in total.